The lowest BCUT2D eigenvalue weighted by Crippen LogP contribution is -2.37. The van der Waals surface area contributed by atoms with Crippen molar-refractivity contribution < 1.29 is 14.3 Å². The van der Waals surface area contributed by atoms with Gasteiger partial charge in [0.25, 0.3) is 5.91 Å². The van der Waals surface area contributed by atoms with Crippen LogP contribution in [-0.4, -0.2) is 45.6 Å². The minimum atomic E-state index is -0.0742. The molecule has 0 bridgehead atoms. The summed E-state index contributed by atoms with van der Waals surface area (Å²) >= 11 is 0. The van der Waals surface area contributed by atoms with Gasteiger partial charge in [-0.25, -0.2) is 0 Å². The Morgan fingerprint density at radius 1 is 1.32 bits per heavy atom. The fraction of sp³-hybridized carbons (Fsp3) is 0.421. The zero-order valence-electron chi connectivity index (χ0n) is 14.6. The van der Waals surface area contributed by atoms with Crippen LogP contribution in [-0.2, 0) is 7.05 Å². The fourth-order valence-corrected chi connectivity index (χ4v) is 3.29. The molecule has 6 nitrogen and oxygen atoms in total. The van der Waals surface area contributed by atoms with Crippen molar-refractivity contribution in [3.05, 3.63) is 47.8 Å². The molecule has 1 aliphatic rings. The lowest BCUT2D eigenvalue weighted by molar-refractivity contribution is 0.0713. The van der Waals surface area contributed by atoms with Gasteiger partial charge in [0.1, 0.15) is 5.75 Å². The minimum Gasteiger partial charge on any atom is -0.493 e. The molecule has 25 heavy (non-hydrogen) atoms. The van der Waals surface area contributed by atoms with E-state index in [4.69, 9.17) is 4.74 Å². The topological polar surface area (TPSA) is 64.4 Å². The summed E-state index contributed by atoms with van der Waals surface area (Å²) in [6.45, 7) is 3.07. The fourth-order valence-electron chi connectivity index (χ4n) is 3.29. The quantitative estimate of drug-likeness (QED) is 0.758. The van der Waals surface area contributed by atoms with Crippen molar-refractivity contribution in [2.45, 2.75) is 32.2 Å². The third kappa shape index (κ3) is 3.73. The largest absolute Gasteiger partial charge is 0.493 e. The van der Waals surface area contributed by atoms with Crippen LogP contribution >= 0.6 is 0 Å². The minimum absolute atomic E-state index is 0.0240. The highest BCUT2D eigenvalue weighted by Crippen LogP contribution is 2.27. The molecule has 132 valence electrons. The second-order valence-corrected chi connectivity index (χ2v) is 6.25. The van der Waals surface area contributed by atoms with E-state index in [-0.39, 0.29) is 17.7 Å². The summed E-state index contributed by atoms with van der Waals surface area (Å²) in [5.41, 5.74) is 1.15. The maximum atomic E-state index is 13.0. The second kappa shape index (κ2) is 7.51. The first-order valence-electron chi connectivity index (χ1n) is 8.64. The number of rotatable bonds is 6. The van der Waals surface area contributed by atoms with Crippen LogP contribution in [0.15, 0.2) is 36.7 Å². The second-order valence-electron chi connectivity index (χ2n) is 6.25. The van der Waals surface area contributed by atoms with Crippen molar-refractivity contribution >= 4 is 11.7 Å². The van der Waals surface area contributed by atoms with Crippen molar-refractivity contribution in [2.75, 3.05) is 13.2 Å². The molecule has 1 fully saturated rings. The zero-order valence-corrected chi connectivity index (χ0v) is 14.6. The smallest absolute Gasteiger partial charge is 0.257 e. The first-order valence-corrected chi connectivity index (χ1v) is 8.64. The number of benzene rings is 1. The molecule has 1 amide bonds. The Balaban J connectivity index is 1.75. The van der Waals surface area contributed by atoms with Crippen molar-refractivity contribution in [1.82, 2.24) is 14.7 Å². The van der Waals surface area contributed by atoms with Gasteiger partial charge in [-0.3, -0.25) is 14.3 Å². The molecule has 6 heteroatoms. The molecule has 1 aromatic carbocycles. The molecule has 1 aromatic heterocycles. The maximum Gasteiger partial charge on any atom is 0.257 e. The third-order valence-corrected chi connectivity index (χ3v) is 4.50. The van der Waals surface area contributed by atoms with Gasteiger partial charge in [-0.1, -0.05) is 12.1 Å². The molecular weight excluding hydrogens is 318 g/mol. The van der Waals surface area contributed by atoms with Crippen molar-refractivity contribution in [3.8, 4) is 5.75 Å². The summed E-state index contributed by atoms with van der Waals surface area (Å²) in [4.78, 5) is 27.3. The van der Waals surface area contributed by atoms with Gasteiger partial charge in [-0.05, 0) is 31.9 Å². The lowest BCUT2D eigenvalue weighted by atomic mass is 10.0. The monoisotopic (exact) mass is 341 g/mol. The Labute approximate surface area is 147 Å². The van der Waals surface area contributed by atoms with Crippen LogP contribution in [0.25, 0.3) is 0 Å². The van der Waals surface area contributed by atoms with E-state index in [2.05, 4.69) is 5.10 Å². The number of carbonyl (C=O) groups excluding carboxylic acids is 2. The number of nitrogens with zero attached hydrogens (tertiary/aromatic N) is 3. The molecule has 1 aliphatic heterocycles. The highest BCUT2D eigenvalue weighted by atomic mass is 16.5. The van der Waals surface area contributed by atoms with Gasteiger partial charge in [0.05, 0.1) is 23.9 Å². The maximum absolute atomic E-state index is 13.0. The number of likely N-dealkylation sites (tertiary alicyclic amines) is 1. The van der Waals surface area contributed by atoms with Crippen LogP contribution in [0.2, 0.25) is 0 Å². The number of aromatic nitrogens is 2. The van der Waals surface area contributed by atoms with E-state index in [0.717, 1.165) is 12.8 Å². The molecule has 0 unspecified atom stereocenters. The Morgan fingerprint density at radius 2 is 2.12 bits per heavy atom. The highest BCUT2D eigenvalue weighted by molar-refractivity contribution is 5.99. The van der Waals surface area contributed by atoms with Crippen LogP contribution in [0.1, 0.15) is 46.9 Å². The number of Topliss-reactive ketones (excluding diaryl/α,β-unsaturated/α-hetero) is 1. The molecule has 1 saturated heterocycles. The lowest BCUT2D eigenvalue weighted by Gasteiger charge is -2.25. The average molecular weight is 341 g/mol. The van der Waals surface area contributed by atoms with Crippen molar-refractivity contribution in [3.63, 3.8) is 0 Å². The number of hydrogen-bond donors (Lipinski definition) is 0. The zero-order chi connectivity index (χ0) is 17.8. The van der Waals surface area contributed by atoms with Crippen LogP contribution in [0.3, 0.4) is 0 Å². The summed E-state index contributed by atoms with van der Waals surface area (Å²) in [5.74, 6) is 0.556. The Hall–Kier alpha value is -2.63. The van der Waals surface area contributed by atoms with Crippen LogP contribution < -0.4 is 4.74 Å². The molecule has 1 atom stereocenters. The number of para-hydroxylation sites is 1. The van der Waals surface area contributed by atoms with Crippen LogP contribution in [0.4, 0.5) is 0 Å². The molecule has 2 heterocycles. The van der Waals surface area contributed by atoms with E-state index in [9.17, 15) is 9.59 Å². The number of aryl methyl sites for hydroxylation is 1. The van der Waals surface area contributed by atoms with E-state index >= 15 is 0 Å². The molecule has 0 spiro atoms. The molecule has 0 radical (unpaired) electrons. The molecule has 0 saturated carbocycles. The Bertz CT molecular complexity index is 769. The van der Waals surface area contributed by atoms with Gasteiger partial charge in [-0.2, -0.15) is 5.10 Å². The normalized spacial score (nSPS) is 16.9. The average Bonchev–Trinajstić information content (AvgIpc) is 3.24. The summed E-state index contributed by atoms with van der Waals surface area (Å²) in [6, 6.07) is 7.21. The van der Waals surface area contributed by atoms with Gasteiger partial charge in [0.15, 0.2) is 5.78 Å². The summed E-state index contributed by atoms with van der Waals surface area (Å²) < 4.78 is 7.19. The number of hydrogen-bond acceptors (Lipinski definition) is 4. The molecule has 2 aromatic rings. The highest BCUT2D eigenvalue weighted by Gasteiger charge is 2.32. The summed E-state index contributed by atoms with van der Waals surface area (Å²) in [6.07, 6.45) is 5.37. The van der Waals surface area contributed by atoms with Gasteiger partial charge in [-0.15, -0.1) is 0 Å². The summed E-state index contributed by atoms with van der Waals surface area (Å²) in [7, 11) is 1.78. The Kier molecular flexibility index (Phi) is 5.16. The number of carbonyl (C=O) groups is 2. The van der Waals surface area contributed by atoms with Gasteiger partial charge in [0.2, 0.25) is 0 Å². The SMILES string of the molecule is CCOc1ccccc1C(=O)N1CCC[C@H]1CC(=O)c1cnn(C)c1. The Morgan fingerprint density at radius 3 is 2.84 bits per heavy atom. The van der Waals surface area contributed by atoms with Crippen molar-refractivity contribution in [2.24, 2.45) is 7.05 Å². The predicted molar refractivity (Wildman–Crippen MR) is 93.8 cm³/mol. The number of amides is 1. The standard InChI is InChI=1S/C19H23N3O3/c1-3-25-18-9-5-4-8-16(18)19(24)22-10-6-7-15(22)11-17(23)14-12-20-21(2)13-14/h4-5,8-9,12-13,15H,3,6-7,10-11H2,1-2H3/t15-/m0/s1. The molecule has 0 aliphatic carbocycles. The first-order chi connectivity index (χ1) is 12.1. The van der Waals surface area contributed by atoms with Crippen LogP contribution in [0.5, 0.6) is 5.75 Å². The van der Waals surface area contributed by atoms with Crippen LogP contribution in [0, 0.1) is 0 Å². The first kappa shape index (κ1) is 17.2. The van der Waals surface area contributed by atoms with E-state index in [0.29, 0.717) is 36.4 Å². The van der Waals surface area contributed by atoms with E-state index < -0.39 is 0 Å². The van der Waals surface area contributed by atoms with E-state index in [1.807, 2.05) is 30.0 Å². The third-order valence-electron chi connectivity index (χ3n) is 4.50. The van der Waals surface area contributed by atoms with Gasteiger partial charge >= 0.3 is 0 Å². The summed E-state index contributed by atoms with van der Waals surface area (Å²) in [5, 5.41) is 4.04. The predicted octanol–water partition coefficient (Wildman–Crippen LogP) is 2.70. The van der Waals surface area contributed by atoms with E-state index in [1.54, 1.807) is 30.2 Å². The molecular formula is C19H23N3O3. The molecule has 3 rings (SSSR count). The van der Waals surface area contributed by atoms with Gasteiger partial charge in [0, 0.05) is 32.3 Å². The van der Waals surface area contributed by atoms with E-state index in [1.165, 1.54) is 0 Å². The number of ether oxygens (including phenoxy) is 1. The molecule has 0 N–H and O–H groups in total. The van der Waals surface area contributed by atoms with Gasteiger partial charge < -0.3 is 9.64 Å². The number of ketones is 1. The van der Waals surface area contributed by atoms with Crippen molar-refractivity contribution in [1.29, 1.82) is 0 Å².